The van der Waals surface area contributed by atoms with Gasteiger partial charge < -0.3 is 15.7 Å². The van der Waals surface area contributed by atoms with Crippen LogP contribution in [0.25, 0.3) is 0 Å². The molecule has 3 rings (SSSR count). The van der Waals surface area contributed by atoms with Crippen LogP contribution in [-0.4, -0.2) is 34.1 Å². The summed E-state index contributed by atoms with van der Waals surface area (Å²) in [5, 5.41) is 16.2. The van der Waals surface area contributed by atoms with Gasteiger partial charge in [-0.05, 0) is 44.7 Å². The van der Waals surface area contributed by atoms with Gasteiger partial charge in [-0.3, -0.25) is 9.78 Å². The van der Waals surface area contributed by atoms with E-state index in [1.54, 1.807) is 6.07 Å². The molecule has 1 atom stereocenters. The number of amides is 1. The Bertz CT molecular complexity index is 485. The maximum atomic E-state index is 12.1. The van der Waals surface area contributed by atoms with Crippen LogP contribution in [0.15, 0.2) is 18.5 Å². The number of nitrogens with zero attached hydrogens (tertiary/aromatic N) is 1. The van der Waals surface area contributed by atoms with E-state index >= 15 is 0 Å². The minimum atomic E-state index is -0.207. The highest BCUT2D eigenvalue weighted by Crippen LogP contribution is 2.38. The van der Waals surface area contributed by atoms with Gasteiger partial charge >= 0.3 is 0 Å². The zero-order valence-electron chi connectivity index (χ0n) is 10.9. The van der Waals surface area contributed by atoms with E-state index < -0.39 is 0 Å². The van der Waals surface area contributed by atoms with Gasteiger partial charge in [-0.25, -0.2) is 0 Å². The highest BCUT2D eigenvalue weighted by molar-refractivity contribution is 5.96. The van der Waals surface area contributed by atoms with Crippen LogP contribution >= 0.6 is 0 Å². The third kappa shape index (κ3) is 2.42. The third-order valence-corrected chi connectivity index (χ3v) is 4.32. The lowest BCUT2D eigenvalue weighted by Gasteiger charge is -2.48. The first-order valence-electron chi connectivity index (χ1n) is 6.87. The van der Waals surface area contributed by atoms with E-state index in [0.29, 0.717) is 5.56 Å². The summed E-state index contributed by atoms with van der Waals surface area (Å²) in [5.74, 6) is -0.270. The molecule has 19 heavy (non-hydrogen) atoms. The molecule has 0 radical (unpaired) electrons. The number of carbonyl (C=O) groups is 1. The molecule has 0 aromatic carbocycles. The molecule has 1 unspecified atom stereocenters. The number of carbonyl (C=O) groups excluding carboxylic acids is 1. The second-order valence-electron chi connectivity index (χ2n) is 5.62. The largest absolute Gasteiger partial charge is 0.505 e. The number of hydrogen-bond donors (Lipinski definition) is 3. The van der Waals surface area contributed by atoms with Crippen molar-refractivity contribution in [3.63, 3.8) is 0 Å². The Morgan fingerprint density at radius 1 is 1.53 bits per heavy atom. The van der Waals surface area contributed by atoms with Crippen molar-refractivity contribution in [2.75, 3.05) is 6.54 Å². The van der Waals surface area contributed by atoms with Gasteiger partial charge in [-0.15, -0.1) is 0 Å². The van der Waals surface area contributed by atoms with E-state index in [2.05, 4.69) is 15.6 Å². The Labute approximate surface area is 112 Å². The molecule has 2 heterocycles. The zero-order valence-corrected chi connectivity index (χ0v) is 10.9. The number of nitrogens with one attached hydrogen (secondary N) is 2. The molecular weight excluding hydrogens is 242 g/mol. The van der Waals surface area contributed by atoms with Crippen molar-refractivity contribution in [1.82, 2.24) is 15.6 Å². The number of rotatable bonds is 2. The molecule has 0 bridgehead atoms. The fourth-order valence-electron chi connectivity index (χ4n) is 3.11. The molecule has 1 aromatic rings. The van der Waals surface area contributed by atoms with Crippen molar-refractivity contribution in [3.05, 3.63) is 24.0 Å². The Balaban J connectivity index is 1.65. The third-order valence-electron chi connectivity index (χ3n) is 4.32. The van der Waals surface area contributed by atoms with Gasteiger partial charge in [0.2, 0.25) is 0 Å². The first-order valence-corrected chi connectivity index (χ1v) is 6.87. The van der Waals surface area contributed by atoms with E-state index in [0.717, 1.165) is 19.4 Å². The molecule has 1 spiro atoms. The first-order chi connectivity index (χ1) is 9.19. The Hall–Kier alpha value is -1.62. The van der Waals surface area contributed by atoms with Crippen molar-refractivity contribution in [3.8, 4) is 5.75 Å². The van der Waals surface area contributed by atoms with Crippen molar-refractivity contribution in [2.24, 2.45) is 0 Å². The lowest BCUT2D eigenvalue weighted by molar-refractivity contribution is 0.0850. The molecule has 5 nitrogen and oxygen atoms in total. The molecule has 1 aliphatic carbocycles. The highest BCUT2D eigenvalue weighted by atomic mass is 16.3. The predicted octanol–water partition coefficient (Wildman–Crippen LogP) is 1.19. The lowest BCUT2D eigenvalue weighted by Crippen LogP contribution is -2.59. The van der Waals surface area contributed by atoms with Gasteiger partial charge in [-0.2, -0.15) is 0 Å². The summed E-state index contributed by atoms with van der Waals surface area (Å²) in [6.07, 6.45) is 8.44. The highest BCUT2D eigenvalue weighted by Gasteiger charge is 2.41. The van der Waals surface area contributed by atoms with E-state index in [-0.39, 0.29) is 23.2 Å². The number of pyridine rings is 1. The zero-order chi connectivity index (χ0) is 13.3. The maximum absolute atomic E-state index is 12.1. The van der Waals surface area contributed by atoms with Crippen LogP contribution < -0.4 is 10.6 Å². The number of piperidine rings is 1. The quantitative estimate of drug-likeness (QED) is 0.747. The smallest absolute Gasteiger partial charge is 0.255 e. The second-order valence-corrected chi connectivity index (χ2v) is 5.62. The van der Waals surface area contributed by atoms with Gasteiger partial charge in [0.05, 0.1) is 11.8 Å². The summed E-state index contributed by atoms with van der Waals surface area (Å²) in [5.41, 5.74) is 0.562. The molecule has 102 valence electrons. The van der Waals surface area contributed by atoms with E-state index in [1.165, 1.54) is 31.7 Å². The van der Waals surface area contributed by atoms with E-state index in [9.17, 15) is 9.90 Å². The molecule has 1 saturated carbocycles. The standard InChI is InChI=1S/C14H19N3O2/c18-12-9-15-6-3-11(12)13(19)17-10-2-7-16-14(8-10)4-1-5-14/h3,6,9-10,16,18H,1-2,4-5,7-8H2,(H,17,19). The Morgan fingerprint density at radius 3 is 3.05 bits per heavy atom. The fraction of sp³-hybridized carbons (Fsp3) is 0.571. The van der Waals surface area contributed by atoms with Gasteiger partial charge in [0.25, 0.3) is 5.91 Å². The molecular formula is C14H19N3O2. The maximum Gasteiger partial charge on any atom is 0.255 e. The lowest BCUT2D eigenvalue weighted by atomic mass is 9.70. The van der Waals surface area contributed by atoms with Crippen LogP contribution in [0, 0.1) is 0 Å². The summed E-state index contributed by atoms with van der Waals surface area (Å²) < 4.78 is 0. The van der Waals surface area contributed by atoms with E-state index in [4.69, 9.17) is 0 Å². The molecule has 2 fully saturated rings. The molecule has 1 saturated heterocycles. The van der Waals surface area contributed by atoms with Crippen molar-refractivity contribution >= 4 is 5.91 Å². The normalized spacial score (nSPS) is 24.7. The fourth-order valence-corrected chi connectivity index (χ4v) is 3.11. The summed E-state index contributed by atoms with van der Waals surface area (Å²) in [4.78, 5) is 15.9. The molecule has 3 N–H and O–H groups in total. The first kappa shape index (κ1) is 12.4. The van der Waals surface area contributed by atoms with E-state index in [1.807, 2.05) is 0 Å². The van der Waals surface area contributed by atoms with Gasteiger partial charge in [0.15, 0.2) is 0 Å². The summed E-state index contributed by atoms with van der Waals surface area (Å²) >= 11 is 0. The molecule has 2 aliphatic rings. The van der Waals surface area contributed by atoms with Gasteiger partial charge in [0.1, 0.15) is 5.75 Å². The van der Waals surface area contributed by atoms with Gasteiger partial charge in [-0.1, -0.05) is 0 Å². The van der Waals surface area contributed by atoms with Crippen LogP contribution in [0.2, 0.25) is 0 Å². The second kappa shape index (κ2) is 4.81. The summed E-state index contributed by atoms with van der Waals surface area (Å²) in [6, 6.07) is 1.74. The van der Waals surface area contributed by atoms with Crippen LogP contribution in [0.5, 0.6) is 5.75 Å². The van der Waals surface area contributed by atoms with Gasteiger partial charge in [0, 0.05) is 17.8 Å². The summed E-state index contributed by atoms with van der Waals surface area (Å²) in [7, 11) is 0. The molecule has 5 heteroatoms. The average molecular weight is 261 g/mol. The SMILES string of the molecule is O=C(NC1CCNC2(CCC2)C1)c1ccncc1O. The van der Waals surface area contributed by atoms with Crippen molar-refractivity contribution in [2.45, 2.75) is 43.7 Å². The minimum Gasteiger partial charge on any atom is -0.505 e. The van der Waals surface area contributed by atoms with Crippen LogP contribution in [0.4, 0.5) is 0 Å². The Morgan fingerprint density at radius 2 is 2.37 bits per heavy atom. The number of aromatic nitrogens is 1. The Kier molecular flexibility index (Phi) is 3.14. The number of aromatic hydroxyl groups is 1. The average Bonchev–Trinajstić information content (AvgIpc) is 2.37. The molecule has 1 aromatic heterocycles. The monoisotopic (exact) mass is 261 g/mol. The molecule has 1 aliphatic heterocycles. The minimum absolute atomic E-state index is 0.0627. The van der Waals surface area contributed by atoms with Crippen molar-refractivity contribution < 1.29 is 9.90 Å². The van der Waals surface area contributed by atoms with Crippen LogP contribution in [-0.2, 0) is 0 Å². The van der Waals surface area contributed by atoms with Crippen molar-refractivity contribution in [1.29, 1.82) is 0 Å². The number of hydrogen-bond acceptors (Lipinski definition) is 4. The topological polar surface area (TPSA) is 74.2 Å². The van der Waals surface area contributed by atoms with Crippen LogP contribution in [0.3, 0.4) is 0 Å². The molecule has 1 amide bonds. The predicted molar refractivity (Wildman–Crippen MR) is 71.0 cm³/mol. The summed E-state index contributed by atoms with van der Waals surface area (Å²) in [6.45, 7) is 0.952. The van der Waals surface area contributed by atoms with Crippen LogP contribution in [0.1, 0.15) is 42.5 Å².